The maximum absolute atomic E-state index is 12.1. The van der Waals surface area contributed by atoms with E-state index in [0.717, 1.165) is 19.4 Å². The number of amides is 1. The number of nitrogens with one attached hydrogen (secondary N) is 2. The van der Waals surface area contributed by atoms with E-state index in [1.54, 1.807) is 6.92 Å². The van der Waals surface area contributed by atoms with Crippen LogP contribution in [0.25, 0.3) is 0 Å². The third kappa shape index (κ3) is 2.49. The molecule has 0 aromatic rings. The van der Waals surface area contributed by atoms with Crippen LogP contribution in [0.3, 0.4) is 0 Å². The van der Waals surface area contributed by atoms with Gasteiger partial charge in [-0.2, -0.15) is 0 Å². The number of piperidine rings is 1. The van der Waals surface area contributed by atoms with Crippen molar-refractivity contribution < 1.29 is 19.4 Å². The zero-order valence-corrected chi connectivity index (χ0v) is 10.6. The summed E-state index contributed by atoms with van der Waals surface area (Å²) in [7, 11) is 0. The van der Waals surface area contributed by atoms with Crippen LogP contribution >= 0.6 is 0 Å². The average Bonchev–Trinajstić information content (AvgIpc) is 2.73. The molecule has 102 valence electrons. The van der Waals surface area contributed by atoms with Crippen molar-refractivity contribution in [2.24, 2.45) is 11.3 Å². The van der Waals surface area contributed by atoms with E-state index >= 15 is 0 Å². The van der Waals surface area contributed by atoms with Crippen molar-refractivity contribution >= 4 is 11.9 Å². The Morgan fingerprint density at radius 1 is 1.50 bits per heavy atom. The lowest BCUT2D eigenvalue weighted by Crippen LogP contribution is -2.52. The van der Waals surface area contributed by atoms with Crippen LogP contribution in [0.1, 0.15) is 19.8 Å². The molecule has 2 heterocycles. The molecule has 0 radical (unpaired) electrons. The molecule has 6 nitrogen and oxygen atoms in total. The van der Waals surface area contributed by atoms with E-state index in [1.807, 2.05) is 0 Å². The lowest BCUT2D eigenvalue weighted by molar-refractivity contribution is -0.149. The molecule has 0 aromatic heterocycles. The number of carboxylic acids is 1. The van der Waals surface area contributed by atoms with Gasteiger partial charge in [0, 0.05) is 6.54 Å². The molecule has 18 heavy (non-hydrogen) atoms. The first-order valence-corrected chi connectivity index (χ1v) is 6.36. The number of hydrogen-bond acceptors (Lipinski definition) is 4. The van der Waals surface area contributed by atoms with E-state index in [0.29, 0.717) is 6.54 Å². The summed E-state index contributed by atoms with van der Waals surface area (Å²) in [5.74, 6) is -1.05. The summed E-state index contributed by atoms with van der Waals surface area (Å²) in [6.45, 7) is 3.66. The van der Waals surface area contributed by atoms with Crippen LogP contribution < -0.4 is 10.6 Å². The lowest BCUT2D eigenvalue weighted by Gasteiger charge is -2.28. The molecule has 1 amide bonds. The second-order valence-electron chi connectivity index (χ2n) is 5.34. The highest BCUT2D eigenvalue weighted by atomic mass is 16.5. The van der Waals surface area contributed by atoms with E-state index in [2.05, 4.69) is 10.6 Å². The third-order valence-electron chi connectivity index (χ3n) is 3.93. The maximum atomic E-state index is 12.1. The van der Waals surface area contributed by atoms with Gasteiger partial charge in [0.25, 0.3) is 0 Å². The van der Waals surface area contributed by atoms with E-state index < -0.39 is 17.4 Å². The Hall–Kier alpha value is -1.14. The minimum Gasteiger partial charge on any atom is -0.481 e. The number of carboxylic acid groups (broad SMARTS) is 1. The van der Waals surface area contributed by atoms with Crippen molar-refractivity contribution in [3.8, 4) is 0 Å². The molecule has 2 aliphatic heterocycles. The predicted octanol–water partition coefficient (Wildman–Crippen LogP) is -0.408. The molecule has 0 aliphatic carbocycles. The Kier molecular flexibility index (Phi) is 3.87. The summed E-state index contributed by atoms with van der Waals surface area (Å²) in [4.78, 5) is 23.3. The van der Waals surface area contributed by atoms with Crippen LogP contribution in [-0.2, 0) is 14.3 Å². The highest BCUT2D eigenvalue weighted by Crippen LogP contribution is 2.29. The lowest BCUT2D eigenvalue weighted by atomic mass is 9.85. The van der Waals surface area contributed by atoms with Crippen LogP contribution in [0.4, 0.5) is 0 Å². The highest BCUT2D eigenvalue weighted by molar-refractivity contribution is 5.82. The molecule has 2 rings (SSSR count). The predicted molar refractivity (Wildman–Crippen MR) is 64.1 cm³/mol. The molecule has 0 saturated carbocycles. The van der Waals surface area contributed by atoms with Crippen molar-refractivity contribution in [3.63, 3.8) is 0 Å². The van der Waals surface area contributed by atoms with Crippen molar-refractivity contribution in [3.05, 3.63) is 0 Å². The van der Waals surface area contributed by atoms with Crippen LogP contribution in [-0.4, -0.2) is 49.3 Å². The number of carbonyl (C=O) groups is 2. The van der Waals surface area contributed by atoms with Crippen molar-refractivity contribution in [2.45, 2.75) is 25.8 Å². The fourth-order valence-electron chi connectivity index (χ4n) is 2.45. The van der Waals surface area contributed by atoms with Crippen LogP contribution in [0, 0.1) is 11.3 Å². The van der Waals surface area contributed by atoms with Gasteiger partial charge in [0.2, 0.25) is 5.91 Å². The average molecular weight is 256 g/mol. The fourth-order valence-corrected chi connectivity index (χ4v) is 2.45. The van der Waals surface area contributed by atoms with Gasteiger partial charge in [-0.15, -0.1) is 0 Å². The van der Waals surface area contributed by atoms with E-state index in [-0.39, 0.29) is 25.0 Å². The standard InChI is InChI=1S/C12H20N2O4/c1-12(11(16)17)7-18-6-9(12)14-10(15)8-3-2-4-13-5-8/h8-9,13H,2-7H2,1H3,(H,14,15)(H,16,17)/t8-,9?,12?/m1/s1. The Morgan fingerprint density at radius 3 is 2.89 bits per heavy atom. The summed E-state index contributed by atoms with van der Waals surface area (Å²) >= 11 is 0. The van der Waals surface area contributed by atoms with Gasteiger partial charge >= 0.3 is 5.97 Å². The van der Waals surface area contributed by atoms with Gasteiger partial charge in [-0.3, -0.25) is 9.59 Å². The topological polar surface area (TPSA) is 87.7 Å². The number of rotatable bonds is 3. The molecule has 3 atom stereocenters. The summed E-state index contributed by atoms with van der Waals surface area (Å²) in [5.41, 5.74) is -1.02. The highest BCUT2D eigenvalue weighted by Gasteiger charge is 2.47. The molecule has 2 unspecified atom stereocenters. The van der Waals surface area contributed by atoms with Gasteiger partial charge in [-0.25, -0.2) is 0 Å². The minimum atomic E-state index is -1.02. The number of aliphatic carboxylic acids is 1. The molecule has 0 bridgehead atoms. The Bertz CT molecular complexity index is 341. The summed E-state index contributed by atoms with van der Waals surface area (Å²) in [6.07, 6.45) is 1.84. The van der Waals surface area contributed by atoms with E-state index in [4.69, 9.17) is 4.74 Å². The largest absolute Gasteiger partial charge is 0.481 e. The van der Waals surface area contributed by atoms with E-state index in [9.17, 15) is 14.7 Å². The first-order chi connectivity index (χ1) is 8.54. The Morgan fingerprint density at radius 2 is 2.28 bits per heavy atom. The molecule has 6 heteroatoms. The molecule has 3 N–H and O–H groups in total. The monoisotopic (exact) mass is 256 g/mol. The molecule has 0 spiro atoms. The minimum absolute atomic E-state index is 0.0580. The van der Waals surface area contributed by atoms with Crippen LogP contribution in [0.5, 0.6) is 0 Å². The van der Waals surface area contributed by atoms with Crippen LogP contribution in [0.2, 0.25) is 0 Å². The van der Waals surface area contributed by atoms with Gasteiger partial charge in [-0.1, -0.05) is 0 Å². The molecular formula is C12H20N2O4. The summed E-state index contributed by atoms with van der Waals surface area (Å²) < 4.78 is 5.21. The SMILES string of the molecule is CC1(C(=O)O)COCC1NC(=O)[C@@H]1CCCNC1. The number of hydrogen-bond donors (Lipinski definition) is 3. The second kappa shape index (κ2) is 5.24. The molecule has 2 fully saturated rings. The maximum Gasteiger partial charge on any atom is 0.313 e. The van der Waals surface area contributed by atoms with Gasteiger partial charge < -0.3 is 20.5 Å². The first kappa shape index (κ1) is 13.3. The zero-order valence-electron chi connectivity index (χ0n) is 10.6. The third-order valence-corrected chi connectivity index (χ3v) is 3.93. The van der Waals surface area contributed by atoms with Crippen LogP contribution in [0.15, 0.2) is 0 Å². The molecule has 0 aromatic carbocycles. The number of ether oxygens (including phenoxy) is 1. The van der Waals surface area contributed by atoms with Gasteiger partial charge in [0.1, 0.15) is 5.41 Å². The smallest absolute Gasteiger partial charge is 0.313 e. The van der Waals surface area contributed by atoms with Gasteiger partial charge in [-0.05, 0) is 26.3 Å². The second-order valence-corrected chi connectivity index (χ2v) is 5.34. The van der Waals surface area contributed by atoms with Crippen molar-refractivity contribution in [1.82, 2.24) is 10.6 Å². The first-order valence-electron chi connectivity index (χ1n) is 6.36. The quantitative estimate of drug-likeness (QED) is 0.639. The van der Waals surface area contributed by atoms with Gasteiger partial charge in [0.15, 0.2) is 0 Å². The number of carbonyl (C=O) groups excluding carboxylic acids is 1. The normalized spacial score (nSPS) is 36.3. The Labute approximate surface area is 106 Å². The Balaban J connectivity index is 1.95. The molecule has 2 aliphatic rings. The summed E-state index contributed by atoms with van der Waals surface area (Å²) in [6, 6.07) is -0.440. The molecule has 2 saturated heterocycles. The zero-order chi connectivity index (χ0) is 13.2. The van der Waals surface area contributed by atoms with E-state index in [1.165, 1.54) is 0 Å². The summed E-state index contributed by atoms with van der Waals surface area (Å²) in [5, 5.41) is 15.2. The fraction of sp³-hybridized carbons (Fsp3) is 0.833. The van der Waals surface area contributed by atoms with Gasteiger partial charge in [0.05, 0.1) is 25.2 Å². The molecular weight excluding hydrogens is 236 g/mol. The van der Waals surface area contributed by atoms with Crippen molar-refractivity contribution in [2.75, 3.05) is 26.3 Å². The van der Waals surface area contributed by atoms with Crippen molar-refractivity contribution in [1.29, 1.82) is 0 Å².